The maximum absolute atomic E-state index is 13.4. The molecule has 0 bridgehead atoms. The zero-order chi connectivity index (χ0) is 28.1. The van der Waals surface area contributed by atoms with Gasteiger partial charge in [0.1, 0.15) is 5.56 Å². The third-order valence-electron chi connectivity index (χ3n) is 7.35. The lowest BCUT2D eigenvalue weighted by molar-refractivity contribution is 0.0698. The molecular formula is C26H33N7O5S. The lowest BCUT2D eigenvalue weighted by Gasteiger charge is -2.24. The molecule has 5 N–H and O–H groups in total. The number of carbonyl (C=O) groups is 2. The summed E-state index contributed by atoms with van der Waals surface area (Å²) in [5.41, 5.74) is 8.64. The number of hydrogen-bond donors (Lipinski definition) is 4. The number of rotatable bonds is 10. The number of nitrogens with two attached hydrogens (primary N) is 1. The number of anilines is 2. The third kappa shape index (κ3) is 5.28. The number of sulfonamides is 1. The van der Waals surface area contributed by atoms with Crippen molar-refractivity contribution >= 4 is 39.0 Å². The van der Waals surface area contributed by atoms with E-state index < -0.39 is 22.0 Å². The molecule has 0 radical (unpaired) electrons. The van der Waals surface area contributed by atoms with Gasteiger partial charge in [-0.1, -0.05) is 13.3 Å². The summed E-state index contributed by atoms with van der Waals surface area (Å²) in [7, 11) is -3.68. The molecule has 13 heteroatoms. The number of nitrogen functional groups attached to an aromatic ring is 1. The lowest BCUT2D eigenvalue weighted by atomic mass is 10.0. The van der Waals surface area contributed by atoms with Gasteiger partial charge in [-0.25, -0.2) is 17.9 Å². The van der Waals surface area contributed by atoms with E-state index in [-0.39, 0.29) is 41.3 Å². The maximum Gasteiger partial charge on any atom is 0.259 e. The topological polar surface area (TPSA) is 172 Å². The second-order valence-electron chi connectivity index (χ2n) is 10.4. The minimum atomic E-state index is -3.68. The number of nitrogens with one attached hydrogen (secondary N) is 2. The van der Waals surface area contributed by atoms with Crippen molar-refractivity contribution in [2.75, 3.05) is 23.3 Å². The first kappa shape index (κ1) is 26.9. The van der Waals surface area contributed by atoms with Gasteiger partial charge in [0, 0.05) is 24.3 Å². The van der Waals surface area contributed by atoms with Gasteiger partial charge in [-0.05, 0) is 55.9 Å². The first-order valence-electron chi connectivity index (χ1n) is 13.0. The minimum Gasteiger partial charge on any atom is -0.394 e. The van der Waals surface area contributed by atoms with Crippen molar-refractivity contribution in [2.45, 2.75) is 58.2 Å². The van der Waals surface area contributed by atoms with Crippen LogP contribution in [-0.2, 0) is 16.6 Å². The van der Waals surface area contributed by atoms with Gasteiger partial charge in [-0.15, -0.1) is 5.10 Å². The van der Waals surface area contributed by atoms with Gasteiger partial charge in [-0.2, -0.15) is 0 Å². The van der Waals surface area contributed by atoms with Crippen LogP contribution in [0.25, 0.3) is 16.9 Å². The van der Waals surface area contributed by atoms with Crippen LogP contribution in [0.3, 0.4) is 0 Å². The average Bonchev–Trinajstić information content (AvgIpc) is 3.59. The summed E-state index contributed by atoms with van der Waals surface area (Å²) >= 11 is 0. The van der Waals surface area contributed by atoms with Crippen LogP contribution in [-0.4, -0.2) is 69.8 Å². The largest absolute Gasteiger partial charge is 0.394 e. The van der Waals surface area contributed by atoms with Crippen LogP contribution in [0.1, 0.15) is 65.8 Å². The van der Waals surface area contributed by atoms with Gasteiger partial charge in [0.15, 0.2) is 11.5 Å². The summed E-state index contributed by atoms with van der Waals surface area (Å²) in [6.45, 7) is 4.14. The minimum absolute atomic E-state index is 0.00553. The number of aliphatic hydroxyl groups excluding tert-OH is 1. The Hall–Kier alpha value is -3.71. The fourth-order valence-electron chi connectivity index (χ4n) is 5.21. The first-order chi connectivity index (χ1) is 18.5. The van der Waals surface area contributed by atoms with Crippen LogP contribution < -0.4 is 15.8 Å². The van der Waals surface area contributed by atoms with Gasteiger partial charge in [0.25, 0.3) is 11.8 Å². The smallest absolute Gasteiger partial charge is 0.259 e. The zero-order valence-electron chi connectivity index (χ0n) is 22.1. The van der Waals surface area contributed by atoms with Crippen LogP contribution in [0.4, 0.5) is 11.5 Å². The summed E-state index contributed by atoms with van der Waals surface area (Å²) in [6.07, 6.45) is 6.18. The highest BCUT2D eigenvalue weighted by atomic mass is 32.2. The Morgan fingerprint density at radius 3 is 2.69 bits per heavy atom. The Kier molecular flexibility index (Phi) is 6.97. The van der Waals surface area contributed by atoms with Gasteiger partial charge in [0.05, 0.1) is 35.8 Å². The van der Waals surface area contributed by atoms with Gasteiger partial charge in [-0.3, -0.25) is 14.3 Å². The van der Waals surface area contributed by atoms with E-state index in [1.807, 2.05) is 19.9 Å². The number of carbonyl (C=O) groups excluding carboxylic acids is 2. The Morgan fingerprint density at radius 1 is 1.31 bits per heavy atom. The molecule has 0 spiro atoms. The molecule has 2 aliphatic rings. The Balaban J connectivity index is 1.57. The van der Waals surface area contributed by atoms with Crippen molar-refractivity contribution in [3.63, 3.8) is 0 Å². The monoisotopic (exact) mass is 555 g/mol. The molecular weight excluding hydrogens is 522 g/mol. The number of amides is 2. The van der Waals surface area contributed by atoms with E-state index in [1.54, 1.807) is 23.2 Å². The van der Waals surface area contributed by atoms with Crippen molar-refractivity contribution in [1.29, 1.82) is 0 Å². The van der Waals surface area contributed by atoms with E-state index in [9.17, 15) is 23.1 Å². The number of nitrogens with zero attached hydrogens (tertiary/aromatic N) is 4. The summed E-state index contributed by atoms with van der Waals surface area (Å²) in [5, 5.41) is 16.6. The van der Waals surface area contributed by atoms with Crippen LogP contribution in [0.5, 0.6) is 0 Å². The molecule has 2 amide bonds. The molecule has 12 nitrogen and oxygen atoms in total. The van der Waals surface area contributed by atoms with Crippen molar-refractivity contribution in [2.24, 2.45) is 5.92 Å². The van der Waals surface area contributed by atoms with E-state index >= 15 is 0 Å². The highest BCUT2D eigenvalue weighted by Crippen LogP contribution is 2.41. The molecule has 1 saturated carbocycles. The predicted octanol–water partition coefficient (Wildman–Crippen LogP) is 2.00. The zero-order valence-corrected chi connectivity index (χ0v) is 23.0. The summed E-state index contributed by atoms with van der Waals surface area (Å²) in [5.74, 6) is -0.242. The Labute approximate surface area is 226 Å². The fourth-order valence-corrected chi connectivity index (χ4v) is 5.77. The maximum atomic E-state index is 13.4. The van der Waals surface area contributed by atoms with E-state index in [4.69, 9.17) is 5.73 Å². The Morgan fingerprint density at radius 2 is 2.05 bits per heavy atom. The molecule has 2 atom stereocenters. The SMILES string of the molecule is CCC[C@H](CO)NC(=O)c1c(N)nn2ccc(-c3cc4c(c(NS(C)(=O)=O)c3)C(=O)N([C@@H](C)C3CC3)C4)nc12. The fraction of sp³-hybridized carbons (Fsp3) is 0.462. The van der Waals surface area contributed by atoms with Gasteiger partial charge >= 0.3 is 0 Å². The van der Waals surface area contributed by atoms with Crippen LogP contribution in [0.2, 0.25) is 0 Å². The molecule has 2 aromatic heterocycles. The number of fused-ring (bicyclic) bond motifs is 2. The second kappa shape index (κ2) is 10.1. The summed E-state index contributed by atoms with van der Waals surface area (Å²) < 4.78 is 28.3. The van der Waals surface area contributed by atoms with Gasteiger partial charge < -0.3 is 21.1 Å². The van der Waals surface area contributed by atoms with Crippen LogP contribution >= 0.6 is 0 Å². The van der Waals surface area contributed by atoms with Gasteiger partial charge in [0.2, 0.25) is 10.0 Å². The highest BCUT2D eigenvalue weighted by Gasteiger charge is 2.40. The quantitative estimate of drug-likeness (QED) is 0.294. The summed E-state index contributed by atoms with van der Waals surface area (Å²) in [4.78, 5) is 32.9. The van der Waals surface area contributed by atoms with Crippen molar-refractivity contribution in [3.8, 4) is 11.3 Å². The first-order valence-corrected chi connectivity index (χ1v) is 14.9. The normalized spacial score (nSPS) is 16.8. The average molecular weight is 556 g/mol. The molecule has 1 fully saturated rings. The lowest BCUT2D eigenvalue weighted by Crippen LogP contribution is -2.37. The second-order valence-corrected chi connectivity index (χ2v) is 12.2. The molecule has 0 saturated heterocycles. The van der Waals surface area contributed by atoms with Crippen molar-refractivity contribution in [3.05, 3.63) is 41.1 Å². The number of aliphatic hydroxyl groups is 1. The standard InChI is InChI=1S/C26H33N7O5S/c1-4-5-18(13-34)28-25(35)22-23(27)30-33-9-8-19(29-24(22)33)16-10-17-12-32(14(2)15-6-7-15)26(36)21(17)20(11-16)31-39(3,37)38/h8-11,14-15,18,31,34H,4-7,12-13H2,1-3H3,(H2,27,30)(H,28,35)/t14-,18+/m0/s1. The molecule has 5 rings (SSSR count). The van der Waals surface area contributed by atoms with E-state index in [2.05, 4.69) is 20.1 Å². The Bertz CT molecular complexity index is 1560. The molecule has 1 aromatic carbocycles. The molecule has 1 aliphatic carbocycles. The molecule has 208 valence electrons. The van der Waals surface area contributed by atoms with Crippen molar-refractivity contribution < 1.29 is 23.1 Å². The van der Waals surface area contributed by atoms with E-state index in [0.29, 0.717) is 41.3 Å². The number of hydrogen-bond acceptors (Lipinski definition) is 8. The third-order valence-corrected chi connectivity index (χ3v) is 7.95. The van der Waals surface area contributed by atoms with E-state index in [1.165, 1.54) is 4.52 Å². The van der Waals surface area contributed by atoms with Crippen molar-refractivity contribution in [1.82, 2.24) is 24.8 Å². The number of benzene rings is 1. The van der Waals surface area contributed by atoms with E-state index in [0.717, 1.165) is 25.5 Å². The molecule has 0 unspecified atom stereocenters. The molecule has 3 aromatic rings. The summed E-state index contributed by atoms with van der Waals surface area (Å²) in [6, 6.07) is 4.73. The molecule has 39 heavy (non-hydrogen) atoms. The predicted molar refractivity (Wildman–Crippen MR) is 147 cm³/mol. The highest BCUT2D eigenvalue weighted by molar-refractivity contribution is 7.92. The van der Waals surface area contributed by atoms with Crippen LogP contribution in [0, 0.1) is 5.92 Å². The molecule has 3 heterocycles. The van der Waals surface area contributed by atoms with Crippen LogP contribution in [0.15, 0.2) is 24.4 Å². The number of aromatic nitrogens is 3. The molecule has 1 aliphatic heterocycles.